The predicted octanol–water partition coefficient (Wildman–Crippen LogP) is 21.3. The summed E-state index contributed by atoms with van der Waals surface area (Å²) >= 11 is 0. The van der Waals surface area contributed by atoms with Gasteiger partial charge in [0, 0.05) is 25.7 Å². The van der Waals surface area contributed by atoms with Crippen LogP contribution in [0.2, 0.25) is 0 Å². The van der Waals surface area contributed by atoms with Crippen LogP contribution < -0.4 is 0 Å². The molecule has 0 aliphatic heterocycles. The molecule has 0 fully saturated rings. The van der Waals surface area contributed by atoms with Crippen molar-refractivity contribution in [1.29, 1.82) is 0 Å². The summed E-state index contributed by atoms with van der Waals surface area (Å²) in [7, 11) is -9.91. The molecule has 0 heterocycles. The van der Waals surface area contributed by atoms with Crippen LogP contribution in [-0.4, -0.2) is 96.7 Å². The van der Waals surface area contributed by atoms with Gasteiger partial charge in [0.15, 0.2) is 12.2 Å². The van der Waals surface area contributed by atoms with E-state index in [0.717, 1.165) is 120 Å². The number of carbonyl (C=O) groups is 4. The summed E-state index contributed by atoms with van der Waals surface area (Å²) in [6, 6.07) is 0. The molecule has 0 spiro atoms. The van der Waals surface area contributed by atoms with Gasteiger partial charge in [0.05, 0.1) is 26.4 Å². The lowest BCUT2D eigenvalue weighted by atomic mass is 9.99. The largest absolute Gasteiger partial charge is 0.472 e. The molecule has 0 aliphatic rings. The molecule has 7 atom stereocenters. The number of phosphoric acid groups is 2. The standard InChI is InChI=1S/C74H144O17P2/c1-9-66(7)52-44-36-28-24-25-31-41-49-57-74(79)91-69(60-84-71(76)54-46-38-29-22-18-15-14-17-21-27-35-43-51-65(5)6)62-88-92(80,81)86-58-68(75)59-87-93(82,83)89-63-70(61-85-72(77)55-47-39-33-32-37-45-53-67(8)10-2)90-73(78)56-48-40-30-23-19-13-11-12-16-20-26-34-42-50-64(3)4/h64-70,75H,9-63H2,1-8H3,(H,80,81)(H,82,83)/t66?,67?,68-,69-,70-/m1/s1. The predicted molar refractivity (Wildman–Crippen MR) is 377 cm³/mol. The fourth-order valence-electron chi connectivity index (χ4n) is 11.1. The van der Waals surface area contributed by atoms with Gasteiger partial charge in [-0.3, -0.25) is 37.3 Å². The molecule has 0 radical (unpaired) electrons. The van der Waals surface area contributed by atoms with Gasteiger partial charge in [-0.25, -0.2) is 9.13 Å². The zero-order valence-electron chi connectivity index (χ0n) is 60.9. The van der Waals surface area contributed by atoms with Crippen LogP contribution in [0.5, 0.6) is 0 Å². The van der Waals surface area contributed by atoms with E-state index in [1.165, 1.54) is 167 Å². The van der Waals surface area contributed by atoms with E-state index in [-0.39, 0.29) is 25.7 Å². The smallest absolute Gasteiger partial charge is 0.462 e. The van der Waals surface area contributed by atoms with E-state index >= 15 is 0 Å². The summed E-state index contributed by atoms with van der Waals surface area (Å²) in [6.45, 7) is 14.2. The van der Waals surface area contributed by atoms with Crippen molar-refractivity contribution < 1.29 is 80.2 Å². The lowest BCUT2D eigenvalue weighted by Crippen LogP contribution is -2.30. The maximum Gasteiger partial charge on any atom is 0.472 e. The minimum Gasteiger partial charge on any atom is -0.462 e. The molecule has 0 bridgehead atoms. The Hall–Kier alpha value is -1.94. The second-order valence-corrected chi connectivity index (χ2v) is 31.0. The molecule has 19 heteroatoms. The summed E-state index contributed by atoms with van der Waals surface area (Å²) in [5.41, 5.74) is 0. The van der Waals surface area contributed by atoms with Crippen molar-refractivity contribution in [3.05, 3.63) is 0 Å². The Morgan fingerprint density at radius 1 is 0.301 bits per heavy atom. The van der Waals surface area contributed by atoms with Gasteiger partial charge in [0.2, 0.25) is 0 Å². The Balaban J connectivity index is 5.25. The summed E-state index contributed by atoms with van der Waals surface area (Å²) < 4.78 is 68.5. The summed E-state index contributed by atoms with van der Waals surface area (Å²) in [5.74, 6) is 0.944. The highest BCUT2D eigenvalue weighted by molar-refractivity contribution is 7.47. The topological polar surface area (TPSA) is 237 Å². The van der Waals surface area contributed by atoms with Gasteiger partial charge in [0.25, 0.3) is 0 Å². The van der Waals surface area contributed by atoms with Crippen LogP contribution >= 0.6 is 15.6 Å². The molecule has 0 aromatic rings. The van der Waals surface area contributed by atoms with Gasteiger partial charge in [-0.05, 0) is 49.4 Å². The van der Waals surface area contributed by atoms with Gasteiger partial charge in [0.1, 0.15) is 19.3 Å². The molecule has 0 rings (SSSR count). The van der Waals surface area contributed by atoms with E-state index in [9.17, 15) is 43.2 Å². The quantitative estimate of drug-likeness (QED) is 0.0222. The number of aliphatic hydroxyl groups excluding tert-OH is 1. The van der Waals surface area contributed by atoms with Crippen molar-refractivity contribution in [1.82, 2.24) is 0 Å². The normalized spacial score (nSPS) is 14.8. The van der Waals surface area contributed by atoms with E-state index in [2.05, 4.69) is 55.4 Å². The molecular formula is C74H144O17P2. The number of esters is 4. The van der Waals surface area contributed by atoms with Crippen LogP contribution in [0.1, 0.15) is 370 Å². The first-order valence-corrected chi connectivity index (χ1v) is 41.3. The number of phosphoric ester groups is 2. The van der Waals surface area contributed by atoms with E-state index in [4.69, 9.17) is 37.0 Å². The molecule has 0 aromatic heterocycles. The first kappa shape index (κ1) is 91.1. The zero-order chi connectivity index (χ0) is 68.9. The summed E-state index contributed by atoms with van der Waals surface area (Å²) in [4.78, 5) is 72.7. The van der Waals surface area contributed by atoms with E-state index in [1.54, 1.807) is 0 Å². The molecule has 17 nitrogen and oxygen atoms in total. The van der Waals surface area contributed by atoms with Crippen molar-refractivity contribution in [2.45, 2.75) is 388 Å². The van der Waals surface area contributed by atoms with Crippen molar-refractivity contribution in [2.24, 2.45) is 23.7 Å². The third kappa shape index (κ3) is 65.8. The van der Waals surface area contributed by atoms with Crippen molar-refractivity contribution in [2.75, 3.05) is 39.6 Å². The van der Waals surface area contributed by atoms with E-state index < -0.39 is 97.5 Å². The summed E-state index contributed by atoms with van der Waals surface area (Å²) in [5, 5.41) is 10.6. The van der Waals surface area contributed by atoms with Crippen LogP contribution in [0.25, 0.3) is 0 Å². The molecule has 0 aliphatic carbocycles. The molecule has 0 amide bonds. The zero-order valence-corrected chi connectivity index (χ0v) is 62.7. The molecule has 93 heavy (non-hydrogen) atoms. The number of ether oxygens (including phenoxy) is 4. The Bertz CT molecular complexity index is 1840. The molecule has 0 saturated heterocycles. The average Bonchev–Trinajstić information content (AvgIpc) is 2.85. The molecular weight excluding hydrogens is 1220 g/mol. The van der Waals surface area contributed by atoms with Gasteiger partial charge >= 0.3 is 39.5 Å². The van der Waals surface area contributed by atoms with E-state index in [0.29, 0.717) is 25.7 Å². The third-order valence-electron chi connectivity index (χ3n) is 17.8. The fraction of sp³-hybridized carbons (Fsp3) is 0.946. The third-order valence-corrected chi connectivity index (χ3v) is 19.7. The number of carbonyl (C=O) groups excluding carboxylic acids is 4. The van der Waals surface area contributed by atoms with Gasteiger partial charge in [-0.1, -0.05) is 319 Å². The molecule has 0 saturated carbocycles. The van der Waals surface area contributed by atoms with Crippen molar-refractivity contribution >= 4 is 39.5 Å². The highest BCUT2D eigenvalue weighted by Crippen LogP contribution is 2.45. The highest BCUT2D eigenvalue weighted by atomic mass is 31.2. The second-order valence-electron chi connectivity index (χ2n) is 28.1. The number of hydrogen-bond acceptors (Lipinski definition) is 15. The van der Waals surface area contributed by atoms with Crippen LogP contribution in [0.4, 0.5) is 0 Å². The minimum atomic E-state index is -4.96. The first-order chi connectivity index (χ1) is 44.7. The van der Waals surface area contributed by atoms with E-state index in [1.807, 2.05) is 0 Å². The Morgan fingerprint density at radius 3 is 0.763 bits per heavy atom. The Morgan fingerprint density at radius 2 is 0.516 bits per heavy atom. The highest BCUT2D eigenvalue weighted by Gasteiger charge is 2.30. The van der Waals surface area contributed by atoms with Crippen molar-refractivity contribution in [3.63, 3.8) is 0 Å². The van der Waals surface area contributed by atoms with Crippen LogP contribution in [0, 0.1) is 23.7 Å². The van der Waals surface area contributed by atoms with Crippen LogP contribution in [0.15, 0.2) is 0 Å². The lowest BCUT2D eigenvalue weighted by Gasteiger charge is -2.21. The molecule has 552 valence electrons. The summed E-state index contributed by atoms with van der Waals surface area (Å²) in [6.07, 6.45) is 47.1. The van der Waals surface area contributed by atoms with Gasteiger partial charge < -0.3 is 33.8 Å². The fourth-order valence-corrected chi connectivity index (χ4v) is 12.7. The Labute approximate surface area is 568 Å². The number of hydrogen-bond donors (Lipinski definition) is 3. The lowest BCUT2D eigenvalue weighted by molar-refractivity contribution is -0.161. The van der Waals surface area contributed by atoms with Crippen LogP contribution in [0.3, 0.4) is 0 Å². The first-order valence-electron chi connectivity index (χ1n) is 38.3. The number of rotatable bonds is 71. The average molecular weight is 1370 g/mol. The minimum absolute atomic E-state index is 0.104. The maximum atomic E-state index is 13.1. The molecule has 4 unspecified atom stereocenters. The Kier molecular flexibility index (Phi) is 62.2. The van der Waals surface area contributed by atoms with Crippen LogP contribution in [-0.2, 0) is 65.4 Å². The molecule has 0 aromatic carbocycles. The monoisotopic (exact) mass is 1370 g/mol. The SMILES string of the molecule is CCC(C)CCCCCCCCCCC(=O)O[C@H](COC(=O)CCCCCCCCCCCCCCC(C)C)COP(=O)(O)OC[C@@H](O)COP(=O)(O)OC[C@@H](COC(=O)CCCCCCCCC(C)CC)OC(=O)CCCCCCCCCCCCCCCC(C)C. The number of unbranched alkanes of at least 4 members (excludes halogenated alkanes) is 35. The maximum absolute atomic E-state index is 13.1. The van der Waals surface area contributed by atoms with Gasteiger partial charge in [-0.15, -0.1) is 0 Å². The van der Waals surface area contributed by atoms with Gasteiger partial charge in [-0.2, -0.15) is 0 Å². The second kappa shape index (κ2) is 63.5. The number of aliphatic hydroxyl groups is 1. The van der Waals surface area contributed by atoms with Crippen molar-refractivity contribution in [3.8, 4) is 0 Å². The molecule has 3 N–H and O–H groups in total.